The van der Waals surface area contributed by atoms with Gasteiger partial charge in [0.25, 0.3) is 0 Å². The van der Waals surface area contributed by atoms with Gasteiger partial charge in [0.1, 0.15) is 16.4 Å². The Kier molecular flexibility index (Phi) is 7.96. The summed E-state index contributed by atoms with van der Waals surface area (Å²) >= 11 is 1.00. The molecule has 0 aliphatic heterocycles. The number of thioether (sulfide) groups is 1. The lowest BCUT2D eigenvalue weighted by Crippen LogP contribution is -2.09. The summed E-state index contributed by atoms with van der Waals surface area (Å²) in [5.41, 5.74) is -0.563. The quantitative estimate of drug-likeness (QED) is 0.522. The van der Waals surface area contributed by atoms with Crippen LogP contribution in [-0.4, -0.2) is 32.3 Å². The topological polar surface area (TPSA) is 92.0 Å². The Morgan fingerprint density at radius 2 is 1.91 bits per heavy atom. The summed E-state index contributed by atoms with van der Waals surface area (Å²) in [5, 5.41) is 0. The molecule has 1 aromatic rings. The molecule has 126 valence electrons. The fourth-order valence-corrected chi connectivity index (χ4v) is 2.29. The van der Waals surface area contributed by atoms with Gasteiger partial charge in [0, 0.05) is 12.1 Å². The van der Waals surface area contributed by atoms with Gasteiger partial charge < -0.3 is 18.6 Å². The molecule has 7 nitrogen and oxygen atoms in total. The molecule has 0 aliphatic rings. The summed E-state index contributed by atoms with van der Waals surface area (Å²) in [5.74, 6) is -0.482. The van der Waals surface area contributed by atoms with E-state index < -0.39 is 17.6 Å². The van der Waals surface area contributed by atoms with Crippen molar-refractivity contribution in [1.82, 2.24) is 0 Å². The third-order valence-electron chi connectivity index (χ3n) is 2.41. The molecule has 0 saturated heterocycles. The van der Waals surface area contributed by atoms with Crippen LogP contribution in [0.3, 0.4) is 0 Å². The highest BCUT2D eigenvalue weighted by Gasteiger charge is 2.15. The van der Waals surface area contributed by atoms with Crippen molar-refractivity contribution >= 4 is 23.7 Å². The van der Waals surface area contributed by atoms with Crippen LogP contribution in [0.1, 0.15) is 19.6 Å². The van der Waals surface area contributed by atoms with E-state index in [1.807, 2.05) is 0 Å². The Balaban J connectivity index is 2.89. The number of carbonyl (C=O) groups excluding carboxylic acids is 2. The number of rotatable bonds is 8. The number of hydrogen-bond acceptors (Lipinski definition) is 8. The van der Waals surface area contributed by atoms with Gasteiger partial charge in [0.2, 0.25) is 0 Å². The van der Waals surface area contributed by atoms with Gasteiger partial charge in [-0.1, -0.05) is 0 Å². The maximum atomic E-state index is 11.9. The molecule has 1 heterocycles. The molecule has 8 heteroatoms. The van der Waals surface area contributed by atoms with Gasteiger partial charge in [-0.25, -0.2) is 14.4 Å². The summed E-state index contributed by atoms with van der Waals surface area (Å²) in [4.78, 5) is 34.8. The third kappa shape index (κ3) is 6.60. The fourth-order valence-electron chi connectivity index (χ4n) is 1.50. The molecule has 0 atom stereocenters. The third-order valence-corrected chi connectivity index (χ3v) is 3.44. The molecular formula is C15H18O7S. The van der Waals surface area contributed by atoms with Crippen LogP contribution in [0.4, 0.5) is 0 Å². The average Bonchev–Trinajstić information content (AvgIpc) is 2.51. The van der Waals surface area contributed by atoms with Gasteiger partial charge in [-0.15, -0.1) is 11.8 Å². The van der Waals surface area contributed by atoms with E-state index in [0.29, 0.717) is 11.5 Å². The van der Waals surface area contributed by atoms with Crippen LogP contribution < -0.4 is 10.4 Å². The molecule has 1 rings (SSSR count). The maximum Gasteiger partial charge on any atom is 0.344 e. The van der Waals surface area contributed by atoms with Crippen molar-refractivity contribution in [3.05, 3.63) is 39.3 Å². The standard InChI is InChI=1S/C15H18O7S/c1-4-20-13(16)8-12(15(18)21-5-2)23-9-11-6-10(19-3)7-14(17)22-11/h6-8H,4-5,9H2,1-3H3/b12-8-. The molecule has 0 bridgehead atoms. The second kappa shape index (κ2) is 9.73. The van der Waals surface area contributed by atoms with E-state index in [-0.39, 0.29) is 23.9 Å². The van der Waals surface area contributed by atoms with Crippen LogP contribution in [0, 0.1) is 0 Å². The zero-order valence-corrected chi connectivity index (χ0v) is 13.9. The molecule has 0 aliphatic carbocycles. The van der Waals surface area contributed by atoms with Crippen molar-refractivity contribution in [2.24, 2.45) is 0 Å². The summed E-state index contributed by atoms with van der Waals surface area (Å²) in [6.07, 6.45) is 1.06. The van der Waals surface area contributed by atoms with Crippen LogP contribution in [0.15, 0.2) is 32.3 Å². The van der Waals surface area contributed by atoms with Crippen molar-refractivity contribution in [3.8, 4) is 5.75 Å². The molecule has 0 spiro atoms. The summed E-state index contributed by atoms with van der Waals surface area (Å²) in [6, 6.07) is 2.73. The minimum Gasteiger partial charge on any atom is -0.496 e. The predicted molar refractivity (Wildman–Crippen MR) is 84.2 cm³/mol. The molecule has 0 saturated carbocycles. The molecule has 0 unspecified atom stereocenters. The van der Waals surface area contributed by atoms with Crippen molar-refractivity contribution in [2.75, 3.05) is 20.3 Å². The van der Waals surface area contributed by atoms with E-state index in [1.54, 1.807) is 13.8 Å². The van der Waals surface area contributed by atoms with Crippen LogP contribution in [-0.2, 0) is 24.8 Å². The lowest BCUT2D eigenvalue weighted by atomic mass is 10.4. The van der Waals surface area contributed by atoms with Crippen LogP contribution in [0.5, 0.6) is 5.75 Å². The Bertz CT molecular complexity index is 633. The van der Waals surface area contributed by atoms with Gasteiger partial charge in [-0.2, -0.15) is 0 Å². The Labute approximate surface area is 137 Å². The van der Waals surface area contributed by atoms with Gasteiger partial charge in [0.05, 0.1) is 32.1 Å². The van der Waals surface area contributed by atoms with Crippen LogP contribution >= 0.6 is 11.8 Å². The normalized spacial score (nSPS) is 11.0. The summed E-state index contributed by atoms with van der Waals surface area (Å²) in [7, 11) is 1.43. The molecular weight excluding hydrogens is 324 g/mol. The van der Waals surface area contributed by atoms with Gasteiger partial charge in [-0.05, 0) is 13.8 Å². The number of ether oxygens (including phenoxy) is 3. The lowest BCUT2D eigenvalue weighted by molar-refractivity contribution is -0.140. The van der Waals surface area contributed by atoms with Gasteiger partial charge in [0.15, 0.2) is 0 Å². The number of carbonyl (C=O) groups is 2. The molecule has 0 fully saturated rings. The average molecular weight is 342 g/mol. The monoisotopic (exact) mass is 342 g/mol. The first-order valence-corrected chi connectivity index (χ1v) is 7.85. The highest BCUT2D eigenvalue weighted by Crippen LogP contribution is 2.24. The first-order chi connectivity index (χ1) is 11.0. The van der Waals surface area contributed by atoms with E-state index in [0.717, 1.165) is 17.8 Å². The van der Waals surface area contributed by atoms with Crippen molar-refractivity contribution in [3.63, 3.8) is 0 Å². The minimum absolute atomic E-state index is 0.0655. The van der Waals surface area contributed by atoms with Crippen molar-refractivity contribution in [1.29, 1.82) is 0 Å². The highest BCUT2D eigenvalue weighted by molar-refractivity contribution is 8.03. The molecule has 0 amide bonds. The Hall–Kier alpha value is -2.22. The van der Waals surface area contributed by atoms with Crippen molar-refractivity contribution in [2.45, 2.75) is 19.6 Å². The van der Waals surface area contributed by atoms with E-state index >= 15 is 0 Å². The first kappa shape index (κ1) is 18.8. The molecule has 0 N–H and O–H groups in total. The molecule has 0 radical (unpaired) electrons. The molecule has 1 aromatic heterocycles. The lowest BCUT2D eigenvalue weighted by Gasteiger charge is -2.07. The highest BCUT2D eigenvalue weighted by atomic mass is 32.2. The fraction of sp³-hybridized carbons (Fsp3) is 0.400. The smallest absolute Gasteiger partial charge is 0.344 e. The maximum absolute atomic E-state index is 11.9. The zero-order chi connectivity index (χ0) is 17.2. The minimum atomic E-state index is -0.643. The van der Waals surface area contributed by atoms with E-state index in [9.17, 15) is 14.4 Å². The number of hydrogen-bond donors (Lipinski definition) is 0. The SMILES string of the molecule is CCOC(=O)/C=C(\SCc1cc(OC)cc(=O)o1)C(=O)OCC. The van der Waals surface area contributed by atoms with E-state index in [2.05, 4.69) is 0 Å². The predicted octanol–water partition coefficient (Wildman–Crippen LogP) is 1.89. The number of methoxy groups -OCH3 is 1. The Morgan fingerprint density at radius 1 is 1.22 bits per heavy atom. The molecule has 0 aromatic carbocycles. The number of esters is 2. The van der Waals surface area contributed by atoms with E-state index in [1.165, 1.54) is 19.2 Å². The second-order valence-corrected chi connectivity index (χ2v) is 5.07. The largest absolute Gasteiger partial charge is 0.496 e. The molecule has 23 heavy (non-hydrogen) atoms. The first-order valence-electron chi connectivity index (χ1n) is 6.86. The van der Waals surface area contributed by atoms with Gasteiger partial charge in [-0.3, -0.25) is 0 Å². The summed E-state index contributed by atoms with van der Waals surface area (Å²) < 4.78 is 19.7. The zero-order valence-electron chi connectivity index (χ0n) is 13.1. The van der Waals surface area contributed by atoms with Gasteiger partial charge >= 0.3 is 17.6 Å². The van der Waals surface area contributed by atoms with E-state index in [4.69, 9.17) is 18.6 Å². The summed E-state index contributed by atoms with van der Waals surface area (Å²) in [6.45, 7) is 3.69. The van der Waals surface area contributed by atoms with Crippen LogP contribution in [0.2, 0.25) is 0 Å². The van der Waals surface area contributed by atoms with Crippen molar-refractivity contribution < 1.29 is 28.2 Å². The Morgan fingerprint density at radius 3 is 2.52 bits per heavy atom. The van der Waals surface area contributed by atoms with Crippen LogP contribution in [0.25, 0.3) is 0 Å². The second-order valence-electron chi connectivity index (χ2n) is 4.05.